The maximum absolute atomic E-state index is 9.84. The minimum atomic E-state index is 0. The van der Waals surface area contributed by atoms with Gasteiger partial charge in [0.2, 0.25) is 6.41 Å². The van der Waals surface area contributed by atoms with E-state index in [0.29, 0.717) is 6.41 Å². The monoisotopic (exact) mass is 259 g/mol. The van der Waals surface area contributed by atoms with Crippen LogP contribution >= 0.6 is 0 Å². The number of hydrogen-bond acceptors (Lipinski definition) is 2. The van der Waals surface area contributed by atoms with Crippen LogP contribution in [0.4, 0.5) is 0 Å². The van der Waals surface area contributed by atoms with Crippen molar-refractivity contribution in [3.05, 3.63) is 18.7 Å². The number of nitrogens with one attached hydrogen (secondary N) is 1. The second-order valence-electron chi connectivity index (χ2n) is 2.23. The fourth-order valence-corrected chi connectivity index (χ4v) is 0.842. The van der Waals surface area contributed by atoms with Gasteiger partial charge in [-0.15, -0.1) is 0 Å². The zero-order valence-corrected chi connectivity index (χ0v) is 8.10. The van der Waals surface area contributed by atoms with Gasteiger partial charge in [0.05, 0.1) is 6.33 Å². The van der Waals surface area contributed by atoms with E-state index in [-0.39, 0.29) is 20.4 Å². The molecule has 1 amide bonds. The fourth-order valence-electron chi connectivity index (χ4n) is 0.842. The topological polar surface area (TPSA) is 46.9 Å². The summed E-state index contributed by atoms with van der Waals surface area (Å²) in [7, 11) is 0. The predicted molar refractivity (Wildman–Crippen MR) is 40.9 cm³/mol. The van der Waals surface area contributed by atoms with Crippen molar-refractivity contribution >= 4 is 6.41 Å². The molecule has 1 heterocycles. The number of amides is 1. The third-order valence-electron chi connectivity index (χ3n) is 1.38. The Balaban J connectivity index is 0.00000121. The number of nitrogens with zero attached hydrogens (tertiary/aromatic N) is 2. The molecule has 0 aliphatic heterocycles. The summed E-state index contributed by atoms with van der Waals surface area (Å²) < 4.78 is 1.98. The number of carbonyl (C=O) groups is 1. The summed E-state index contributed by atoms with van der Waals surface area (Å²) in [5.41, 5.74) is 0. The van der Waals surface area contributed by atoms with E-state index in [9.17, 15) is 4.79 Å². The number of hydrogen-bond donors (Lipinski definition) is 1. The molecule has 0 saturated carbocycles. The van der Waals surface area contributed by atoms with Crippen molar-refractivity contribution in [2.45, 2.75) is 13.0 Å². The minimum absolute atomic E-state index is 0. The Morgan fingerprint density at radius 1 is 1.58 bits per heavy atom. The molecule has 12 heavy (non-hydrogen) atoms. The first-order chi connectivity index (χ1) is 5.43. The first-order valence-electron chi connectivity index (χ1n) is 3.56. The third kappa shape index (κ3) is 4.27. The Morgan fingerprint density at radius 2 is 2.42 bits per heavy atom. The van der Waals surface area contributed by atoms with Crippen LogP contribution in [0.5, 0.6) is 0 Å². The number of aromatic nitrogens is 2. The van der Waals surface area contributed by atoms with Crippen molar-refractivity contribution in [1.82, 2.24) is 14.9 Å². The van der Waals surface area contributed by atoms with Crippen LogP contribution in [0, 0.1) is 0 Å². The molecule has 0 radical (unpaired) electrons. The van der Waals surface area contributed by atoms with Crippen molar-refractivity contribution < 1.29 is 25.2 Å². The van der Waals surface area contributed by atoms with Gasteiger partial charge in [0.25, 0.3) is 0 Å². The van der Waals surface area contributed by atoms with Crippen LogP contribution in [0.15, 0.2) is 18.7 Å². The van der Waals surface area contributed by atoms with Gasteiger partial charge in [0, 0.05) is 45.9 Å². The number of carbonyl (C=O) groups excluding carboxylic acids is 1. The van der Waals surface area contributed by atoms with Gasteiger partial charge in [0.1, 0.15) is 0 Å². The maximum atomic E-state index is 9.84. The summed E-state index contributed by atoms with van der Waals surface area (Å²) in [5, 5.41) is 2.60. The molecular weight excluding hydrogens is 249 g/mol. The standard InChI is InChI=1S/C7H11N3O.Pd/c11-7-9-2-1-4-10-5-3-8-6-10;/h3,5-7H,1-2,4H2,(H,9,11);. The molecule has 0 aromatic carbocycles. The SMILES string of the molecule is O=CNCCCn1ccnc1.[Pd]. The van der Waals surface area contributed by atoms with Gasteiger partial charge in [0.15, 0.2) is 0 Å². The fraction of sp³-hybridized carbons (Fsp3) is 0.429. The minimum Gasteiger partial charge on any atom is -0.359 e. The molecule has 0 aliphatic rings. The molecule has 4 nitrogen and oxygen atoms in total. The first-order valence-corrected chi connectivity index (χ1v) is 3.56. The van der Waals surface area contributed by atoms with Crippen LogP contribution in [0.1, 0.15) is 6.42 Å². The Hall–Kier alpha value is -0.658. The van der Waals surface area contributed by atoms with E-state index in [1.54, 1.807) is 12.5 Å². The second-order valence-corrected chi connectivity index (χ2v) is 2.23. The van der Waals surface area contributed by atoms with Crippen LogP contribution in [0.25, 0.3) is 0 Å². The van der Waals surface area contributed by atoms with Crippen LogP contribution < -0.4 is 5.32 Å². The summed E-state index contributed by atoms with van der Waals surface area (Å²) in [6, 6.07) is 0. The summed E-state index contributed by atoms with van der Waals surface area (Å²) in [6.45, 7) is 1.63. The van der Waals surface area contributed by atoms with Gasteiger partial charge in [-0.25, -0.2) is 4.98 Å². The van der Waals surface area contributed by atoms with Gasteiger partial charge < -0.3 is 9.88 Å². The molecular formula is C7H11N3OPd. The number of rotatable bonds is 5. The normalized spacial score (nSPS) is 8.67. The Bertz CT molecular complexity index is 200. The van der Waals surface area contributed by atoms with Crippen molar-refractivity contribution in [2.24, 2.45) is 0 Å². The van der Waals surface area contributed by atoms with Gasteiger partial charge >= 0.3 is 0 Å². The van der Waals surface area contributed by atoms with E-state index in [2.05, 4.69) is 10.3 Å². The predicted octanol–water partition coefficient (Wildman–Crippen LogP) is 0.0167. The molecule has 0 atom stereocenters. The molecule has 5 heteroatoms. The molecule has 0 unspecified atom stereocenters. The van der Waals surface area contributed by atoms with Gasteiger partial charge in [-0.2, -0.15) is 0 Å². The van der Waals surface area contributed by atoms with E-state index in [0.717, 1.165) is 19.5 Å². The van der Waals surface area contributed by atoms with Crippen molar-refractivity contribution in [2.75, 3.05) is 6.54 Å². The van der Waals surface area contributed by atoms with E-state index in [1.807, 2.05) is 10.8 Å². The zero-order valence-electron chi connectivity index (χ0n) is 6.55. The molecule has 0 aliphatic carbocycles. The molecule has 1 aromatic heterocycles. The average Bonchev–Trinajstić information content (AvgIpc) is 2.50. The van der Waals surface area contributed by atoms with Crippen LogP contribution in [0.3, 0.4) is 0 Å². The quantitative estimate of drug-likeness (QED) is 0.460. The Kier molecular flexibility index (Phi) is 6.63. The summed E-state index contributed by atoms with van der Waals surface area (Å²) >= 11 is 0. The number of aryl methyl sites for hydroxylation is 1. The largest absolute Gasteiger partial charge is 0.359 e. The number of imidazole rings is 1. The molecule has 0 saturated heterocycles. The summed E-state index contributed by atoms with van der Waals surface area (Å²) in [5.74, 6) is 0. The summed E-state index contributed by atoms with van der Waals surface area (Å²) in [6.07, 6.45) is 7.07. The van der Waals surface area contributed by atoms with E-state index >= 15 is 0 Å². The molecule has 1 aromatic rings. The smallest absolute Gasteiger partial charge is 0.207 e. The second kappa shape index (κ2) is 7.02. The Morgan fingerprint density at radius 3 is 3.00 bits per heavy atom. The first kappa shape index (κ1) is 11.3. The molecule has 1 rings (SSSR count). The van der Waals surface area contributed by atoms with E-state index in [4.69, 9.17) is 0 Å². The van der Waals surface area contributed by atoms with Crippen molar-refractivity contribution in [3.8, 4) is 0 Å². The van der Waals surface area contributed by atoms with Crippen molar-refractivity contribution in [3.63, 3.8) is 0 Å². The average molecular weight is 260 g/mol. The van der Waals surface area contributed by atoms with Crippen LogP contribution in [-0.2, 0) is 31.8 Å². The molecule has 0 bridgehead atoms. The molecule has 70 valence electrons. The van der Waals surface area contributed by atoms with Gasteiger partial charge in [-0.05, 0) is 6.42 Å². The van der Waals surface area contributed by atoms with Gasteiger partial charge in [-0.1, -0.05) is 0 Å². The third-order valence-corrected chi connectivity index (χ3v) is 1.38. The Labute approximate surface area is 85.0 Å². The van der Waals surface area contributed by atoms with E-state index < -0.39 is 0 Å². The molecule has 0 spiro atoms. The van der Waals surface area contributed by atoms with Crippen LogP contribution in [0.2, 0.25) is 0 Å². The summed E-state index contributed by atoms with van der Waals surface area (Å²) in [4.78, 5) is 13.7. The van der Waals surface area contributed by atoms with Gasteiger partial charge in [-0.3, -0.25) is 4.79 Å². The van der Waals surface area contributed by atoms with Crippen molar-refractivity contribution in [1.29, 1.82) is 0 Å². The molecule has 0 fully saturated rings. The van der Waals surface area contributed by atoms with Crippen LogP contribution in [-0.4, -0.2) is 22.5 Å². The molecule has 1 N–H and O–H groups in total. The zero-order chi connectivity index (χ0) is 7.94. The van der Waals surface area contributed by atoms with E-state index in [1.165, 1.54) is 0 Å². The maximum Gasteiger partial charge on any atom is 0.207 e.